The lowest BCUT2D eigenvalue weighted by Gasteiger charge is -2.15. The lowest BCUT2D eigenvalue weighted by atomic mass is 10.00. The number of methoxy groups -OCH3 is 1. The summed E-state index contributed by atoms with van der Waals surface area (Å²) in [6.45, 7) is 1.88. The fraction of sp³-hybridized carbons (Fsp3) is 0.250. The maximum absolute atomic E-state index is 12.8. The number of nitrogens with one attached hydrogen (secondary N) is 1. The molecule has 0 saturated heterocycles. The number of para-hydroxylation sites is 1. The van der Waals surface area contributed by atoms with Crippen molar-refractivity contribution in [1.82, 2.24) is 5.32 Å². The summed E-state index contributed by atoms with van der Waals surface area (Å²) in [4.78, 5) is 25.2. The predicted molar refractivity (Wildman–Crippen MR) is 111 cm³/mol. The van der Waals surface area contributed by atoms with Crippen molar-refractivity contribution in [2.45, 2.75) is 32.4 Å². The van der Waals surface area contributed by atoms with Crippen molar-refractivity contribution in [3.8, 4) is 5.75 Å². The standard InChI is InChI=1S/C24H23NO4/c1-15(23(26)25-14-18-6-3-4-9-21(18)28-2)29-24(27)20-13-12-17-11-10-16-7-5-8-19(20)22(16)17/h3-9,12-13,15H,10-11,14H2,1-2H3,(H,25,26). The number of benzene rings is 3. The zero-order valence-electron chi connectivity index (χ0n) is 16.5. The van der Waals surface area contributed by atoms with Crippen molar-refractivity contribution < 1.29 is 19.1 Å². The minimum absolute atomic E-state index is 0.297. The van der Waals surface area contributed by atoms with Gasteiger partial charge in [0.25, 0.3) is 5.91 Å². The van der Waals surface area contributed by atoms with Gasteiger partial charge in [0, 0.05) is 12.1 Å². The van der Waals surface area contributed by atoms with E-state index >= 15 is 0 Å². The first-order valence-corrected chi connectivity index (χ1v) is 9.72. The quantitative estimate of drug-likeness (QED) is 0.651. The molecule has 3 aromatic carbocycles. The first-order chi connectivity index (χ1) is 14.1. The Morgan fingerprint density at radius 1 is 1.00 bits per heavy atom. The summed E-state index contributed by atoms with van der Waals surface area (Å²) < 4.78 is 10.8. The number of aryl methyl sites for hydroxylation is 2. The highest BCUT2D eigenvalue weighted by atomic mass is 16.5. The van der Waals surface area contributed by atoms with Crippen LogP contribution in [0.15, 0.2) is 54.6 Å². The van der Waals surface area contributed by atoms with Gasteiger partial charge < -0.3 is 14.8 Å². The average molecular weight is 389 g/mol. The van der Waals surface area contributed by atoms with Crippen LogP contribution in [-0.4, -0.2) is 25.1 Å². The van der Waals surface area contributed by atoms with E-state index in [0.717, 1.165) is 29.2 Å². The summed E-state index contributed by atoms with van der Waals surface area (Å²) in [5.41, 5.74) is 3.87. The second-order valence-electron chi connectivity index (χ2n) is 7.19. The molecule has 1 N–H and O–H groups in total. The third-order valence-electron chi connectivity index (χ3n) is 5.40. The van der Waals surface area contributed by atoms with Gasteiger partial charge in [0.15, 0.2) is 6.10 Å². The molecule has 1 aliphatic carbocycles. The minimum Gasteiger partial charge on any atom is -0.496 e. The Labute approximate surface area is 169 Å². The van der Waals surface area contributed by atoms with E-state index in [2.05, 4.69) is 11.4 Å². The lowest BCUT2D eigenvalue weighted by Crippen LogP contribution is -2.35. The SMILES string of the molecule is COc1ccccc1CNC(=O)C(C)OC(=O)c1ccc2c3c(cccc13)CC2. The van der Waals surface area contributed by atoms with E-state index in [1.54, 1.807) is 20.1 Å². The number of rotatable bonds is 6. The Morgan fingerprint density at radius 2 is 1.76 bits per heavy atom. The van der Waals surface area contributed by atoms with Gasteiger partial charge in [0.05, 0.1) is 12.7 Å². The maximum atomic E-state index is 12.8. The average Bonchev–Trinajstić information content (AvgIpc) is 3.17. The van der Waals surface area contributed by atoms with Gasteiger partial charge in [0.1, 0.15) is 5.75 Å². The molecule has 1 amide bonds. The van der Waals surface area contributed by atoms with Crippen LogP contribution in [0.2, 0.25) is 0 Å². The predicted octanol–water partition coefficient (Wildman–Crippen LogP) is 3.81. The Morgan fingerprint density at radius 3 is 2.55 bits per heavy atom. The third-order valence-corrected chi connectivity index (χ3v) is 5.40. The third kappa shape index (κ3) is 3.68. The Bertz CT molecular complexity index is 1080. The van der Waals surface area contributed by atoms with Gasteiger partial charge in [-0.1, -0.05) is 42.5 Å². The van der Waals surface area contributed by atoms with Crippen LogP contribution in [0.25, 0.3) is 10.8 Å². The number of hydrogen-bond donors (Lipinski definition) is 1. The van der Waals surface area contributed by atoms with Crippen LogP contribution >= 0.6 is 0 Å². The second kappa shape index (κ2) is 7.95. The van der Waals surface area contributed by atoms with E-state index in [1.165, 1.54) is 11.1 Å². The zero-order chi connectivity index (χ0) is 20.4. The van der Waals surface area contributed by atoms with E-state index in [-0.39, 0.29) is 5.91 Å². The topological polar surface area (TPSA) is 64.6 Å². The molecule has 0 aliphatic heterocycles. The van der Waals surface area contributed by atoms with Crippen LogP contribution in [0, 0.1) is 0 Å². The lowest BCUT2D eigenvalue weighted by molar-refractivity contribution is -0.129. The molecule has 5 nitrogen and oxygen atoms in total. The number of carbonyl (C=O) groups is 2. The fourth-order valence-corrected chi connectivity index (χ4v) is 3.88. The number of ether oxygens (including phenoxy) is 2. The number of carbonyl (C=O) groups excluding carboxylic acids is 2. The van der Waals surface area contributed by atoms with Gasteiger partial charge in [-0.15, -0.1) is 0 Å². The summed E-state index contributed by atoms with van der Waals surface area (Å²) >= 11 is 0. The molecule has 0 fully saturated rings. The van der Waals surface area contributed by atoms with Gasteiger partial charge >= 0.3 is 5.97 Å². The van der Waals surface area contributed by atoms with Gasteiger partial charge in [0.2, 0.25) is 0 Å². The Balaban J connectivity index is 1.45. The number of amides is 1. The summed E-state index contributed by atoms with van der Waals surface area (Å²) in [6.07, 6.45) is 1.08. The summed E-state index contributed by atoms with van der Waals surface area (Å²) in [5.74, 6) is -0.138. The molecule has 148 valence electrons. The molecule has 0 spiro atoms. The molecule has 3 aromatic rings. The second-order valence-corrected chi connectivity index (χ2v) is 7.19. The maximum Gasteiger partial charge on any atom is 0.339 e. The van der Waals surface area contributed by atoms with Crippen molar-refractivity contribution in [3.05, 3.63) is 76.9 Å². The van der Waals surface area contributed by atoms with Crippen molar-refractivity contribution in [3.63, 3.8) is 0 Å². The van der Waals surface area contributed by atoms with Crippen LogP contribution < -0.4 is 10.1 Å². The Hall–Kier alpha value is -3.34. The molecule has 0 saturated carbocycles. The Kier molecular flexibility index (Phi) is 5.21. The molecule has 4 rings (SSSR count). The molecule has 0 aromatic heterocycles. The summed E-state index contributed by atoms with van der Waals surface area (Å²) in [5, 5.41) is 4.84. The molecule has 5 heteroatoms. The molecule has 1 unspecified atom stereocenters. The smallest absolute Gasteiger partial charge is 0.339 e. The van der Waals surface area contributed by atoms with Crippen LogP contribution in [-0.2, 0) is 28.9 Å². The van der Waals surface area contributed by atoms with E-state index in [1.807, 2.05) is 42.5 Å². The highest BCUT2D eigenvalue weighted by Gasteiger charge is 2.23. The highest BCUT2D eigenvalue weighted by Crippen LogP contribution is 2.33. The first kappa shape index (κ1) is 19.0. The normalized spacial score (nSPS) is 13.2. The van der Waals surface area contributed by atoms with Crippen LogP contribution in [0.4, 0.5) is 0 Å². The van der Waals surface area contributed by atoms with E-state index in [4.69, 9.17) is 9.47 Å². The van der Waals surface area contributed by atoms with Crippen molar-refractivity contribution in [1.29, 1.82) is 0 Å². The number of hydrogen-bond acceptors (Lipinski definition) is 4. The summed E-state index contributed by atoms with van der Waals surface area (Å²) in [7, 11) is 1.59. The van der Waals surface area contributed by atoms with Crippen LogP contribution in [0.1, 0.15) is 34.0 Å². The highest BCUT2D eigenvalue weighted by molar-refractivity contribution is 6.07. The van der Waals surface area contributed by atoms with Crippen molar-refractivity contribution >= 4 is 22.6 Å². The number of esters is 1. The minimum atomic E-state index is -0.903. The summed E-state index contributed by atoms with van der Waals surface area (Å²) in [6, 6.07) is 17.3. The van der Waals surface area contributed by atoms with Crippen LogP contribution in [0.5, 0.6) is 5.75 Å². The monoisotopic (exact) mass is 389 g/mol. The molecule has 1 atom stereocenters. The van der Waals surface area contributed by atoms with Crippen molar-refractivity contribution in [2.75, 3.05) is 7.11 Å². The molecular weight excluding hydrogens is 366 g/mol. The van der Waals surface area contributed by atoms with Gasteiger partial charge in [-0.25, -0.2) is 4.79 Å². The van der Waals surface area contributed by atoms with Gasteiger partial charge in [-0.3, -0.25) is 4.79 Å². The molecule has 0 bridgehead atoms. The zero-order valence-corrected chi connectivity index (χ0v) is 16.5. The molecule has 1 aliphatic rings. The molecule has 29 heavy (non-hydrogen) atoms. The van der Waals surface area contributed by atoms with Gasteiger partial charge in [-0.2, -0.15) is 0 Å². The first-order valence-electron chi connectivity index (χ1n) is 9.72. The fourth-order valence-electron chi connectivity index (χ4n) is 3.88. The molecule has 0 heterocycles. The van der Waals surface area contributed by atoms with E-state index in [9.17, 15) is 9.59 Å². The molecular formula is C24H23NO4. The van der Waals surface area contributed by atoms with Crippen molar-refractivity contribution in [2.24, 2.45) is 0 Å². The van der Waals surface area contributed by atoms with E-state index < -0.39 is 12.1 Å². The van der Waals surface area contributed by atoms with E-state index in [0.29, 0.717) is 17.9 Å². The largest absolute Gasteiger partial charge is 0.496 e. The van der Waals surface area contributed by atoms with Crippen LogP contribution in [0.3, 0.4) is 0 Å². The molecule has 0 radical (unpaired) electrons. The van der Waals surface area contributed by atoms with Gasteiger partial charge in [-0.05, 0) is 53.8 Å².